The van der Waals surface area contributed by atoms with Crippen LogP contribution in [0.4, 0.5) is 0 Å². The first kappa shape index (κ1) is 27.5. The summed E-state index contributed by atoms with van der Waals surface area (Å²) in [7, 11) is 0. The highest BCUT2D eigenvalue weighted by Gasteiger charge is 2.25. The highest BCUT2D eigenvalue weighted by Crippen LogP contribution is 2.28. The Kier molecular flexibility index (Phi) is 10.3. The average molecular weight is 539 g/mol. The molecule has 37 heavy (non-hydrogen) atoms. The molecule has 3 aromatic carbocycles. The van der Waals surface area contributed by atoms with Crippen LogP contribution >= 0.6 is 23.2 Å². The first-order valence-corrected chi connectivity index (χ1v) is 12.0. The van der Waals surface area contributed by atoms with Crippen molar-refractivity contribution in [2.45, 2.75) is 25.5 Å². The van der Waals surface area contributed by atoms with Crippen LogP contribution in [0.3, 0.4) is 0 Å². The SMILES string of the molecule is C[C@H](Oc1ccc(Cl)cc1Cl)C(=O)N[C@H](Cc1ccccc1)C(=O)N/N=C\c1ccccc1OCC#N. The van der Waals surface area contributed by atoms with Crippen molar-refractivity contribution in [3.63, 3.8) is 0 Å². The number of hydrogen-bond acceptors (Lipinski definition) is 6. The second-order valence-corrected chi connectivity index (χ2v) is 8.65. The third-order valence-corrected chi connectivity index (χ3v) is 5.60. The number of rotatable bonds is 11. The molecule has 0 saturated carbocycles. The molecule has 2 amide bonds. The van der Waals surface area contributed by atoms with Gasteiger partial charge in [-0.15, -0.1) is 0 Å². The summed E-state index contributed by atoms with van der Waals surface area (Å²) >= 11 is 12.1. The number of nitrogens with one attached hydrogen (secondary N) is 2. The minimum Gasteiger partial charge on any atom is -0.479 e. The van der Waals surface area contributed by atoms with Crippen LogP contribution in [0.2, 0.25) is 10.0 Å². The number of halogens is 2. The Morgan fingerprint density at radius 1 is 1.03 bits per heavy atom. The number of nitriles is 1. The highest BCUT2D eigenvalue weighted by atomic mass is 35.5. The zero-order valence-corrected chi connectivity index (χ0v) is 21.4. The normalized spacial score (nSPS) is 12.3. The number of ether oxygens (including phenoxy) is 2. The molecule has 0 fully saturated rings. The summed E-state index contributed by atoms with van der Waals surface area (Å²) in [6.45, 7) is 1.43. The van der Waals surface area contributed by atoms with Crippen molar-refractivity contribution >= 4 is 41.2 Å². The average Bonchev–Trinajstić information content (AvgIpc) is 2.89. The van der Waals surface area contributed by atoms with Crippen molar-refractivity contribution in [2.75, 3.05) is 6.61 Å². The Hall–Kier alpha value is -4.06. The van der Waals surface area contributed by atoms with Crippen LogP contribution in [0.1, 0.15) is 18.1 Å². The van der Waals surface area contributed by atoms with Crippen LogP contribution in [-0.4, -0.2) is 36.8 Å². The topological polar surface area (TPSA) is 113 Å². The number of hydrogen-bond donors (Lipinski definition) is 2. The molecular weight excluding hydrogens is 515 g/mol. The summed E-state index contributed by atoms with van der Waals surface area (Å²) in [5.41, 5.74) is 3.88. The molecule has 3 rings (SSSR count). The van der Waals surface area contributed by atoms with Crippen molar-refractivity contribution in [3.05, 3.63) is 94.0 Å². The molecule has 0 unspecified atom stereocenters. The summed E-state index contributed by atoms with van der Waals surface area (Å²) in [5.74, 6) is -0.301. The summed E-state index contributed by atoms with van der Waals surface area (Å²) < 4.78 is 11.0. The minimum atomic E-state index is -0.947. The molecule has 0 aliphatic heterocycles. The summed E-state index contributed by atoms with van der Waals surface area (Å²) in [5, 5.41) is 16.2. The third-order valence-electron chi connectivity index (χ3n) is 5.07. The maximum atomic E-state index is 13.0. The number of para-hydroxylation sites is 1. The zero-order valence-electron chi connectivity index (χ0n) is 19.9. The fraction of sp³-hybridized carbons (Fsp3) is 0.185. The standard InChI is InChI=1S/C27H24Cl2N4O4/c1-18(37-25-12-11-21(28)16-22(25)29)26(34)32-23(15-19-7-3-2-4-8-19)27(35)33-31-17-20-9-5-6-10-24(20)36-14-13-30/h2-12,16-18,23H,14-15H2,1H3,(H,32,34)(H,33,35)/b31-17-/t18-,23+/m0/s1. The van der Waals surface area contributed by atoms with E-state index in [2.05, 4.69) is 15.8 Å². The van der Waals surface area contributed by atoms with Gasteiger partial charge in [-0.1, -0.05) is 65.7 Å². The predicted molar refractivity (Wildman–Crippen MR) is 142 cm³/mol. The van der Waals surface area contributed by atoms with Crippen LogP contribution in [0.15, 0.2) is 77.9 Å². The van der Waals surface area contributed by atoms with E-state index in [9.17, 15) is 9.59 Å². The lowest BCUT2D eigenvalue weighted by atomic mass is 10.1. The molecule has 190 valence electrons. The number of amides is 2. The van der Waals surface area contributed by atoms with Gasteiger partial charge >= 0.3 is 0 Å². The Balaban J connectivity index is 1.70. The molecule has 3 aromatic rings. The lowest BCUT2D eigenvalue weighted by molar-refractivity contribution is -0.132. The second kappa shape index (κ2) is 13.9. The number of hydrazone groups is 1. The fourth-order valence-corrected chi connectivity index (χ4v) is 3.69. The first-order valence-electron chi connectivity index (χ1n) is 11.2. The molecule has 2 N–H and O–H groups in total. The Morgan fingerprint density at radius 3 is 2.49 bits per heavy atom. The van der Waals surface area contributed by atoms with Gasteiger partial charge in [0.05, 0.1) is 11.2 Å². The third kappa shape index (κ3) is 8.53. The van der Waals surface area contributed by atoms with E-state index in [0.29, 0.717) is 22.1 Å². The van der Waals surface area contributed by atoms with Crippen LogP contribution < -0.4 is 20.2 Å². The van der Waals surface area contributed by atoms with Gasteiger partial charge in [-0.2, -0.15) is 10.4 Å². The van der Waals surface area contributed by atoms with E-state index in [4.69, 9.17) is 37.9 Å². The van der Waals surface area contributed by atoms with Crippen LogP contribution in [0, 0.1) is 11.3 Å². The fourth-order valence-electron chi connectivity index (χ4n) is 3.23. The van der Waals surface area contributed by atoms with Crippen LogP contribution in [-0.2, 0) is 16.0 Å². The summed E-state index contributed by atoms with van der Waals surface area (Å²) in [4.78, 5) is 25.9. The van der Waals surface area contributed by atoms with E-state index in [0.717, 1.165) is 5.56 Å². The number of nitrogens with zero attached hydrogens (tertiary/aromatic N) is 2. The Labute approximate surface area is 224 Å². The molecule has 0 bridgehead atoms. The molecular formula is C27H24Cl2N4O4. The Bertz CT molecular complexity index is 1300. The predicted octanol–water partition coefficient (Wildman–Crippen LogP) is 4.54. The van der Waals surface area contributed by atoms with E-state index < -0.39 is 24.0 Å². The molecule has 0 aromatic heterocycles. The molecule has 8 nitrogen and oxygen atoms in total. The van der Waals surface area contributed by atoms with Gasteiger partial charge in [-0.25, -0.2) is 5.43 Å². The van der Waals surface area contributed by atoms with Crippen molar-refractivity contribution < 1.29 is 19.1 Å². The zero-order chi connectivity index (χ0) is 26.6. The molecule has 0 radical (unpaired) electrons. The van der Waals surface area contributed by atoms with Crippen molar-refractivity contribution in [2.24, 2.45) is 5.10 Å². The van der Waals surface area contributed by atoms with E-state index >= 15 is 0 Å². The lowest BCUT2D eigenvalue weighted by Gasteiger charge is -2.21. The quantitative estimate of drug-likeness (QED) is 0.275. The van der Waals surface area contributed by atoms with Crippen molar-refractivity contribution in [1.82, 2.24) is 10.7 Å². The van der Waals surface area contributed by atoms with Gasteiger partial charge in [0.25, 0.3) is 11.8 Å². The van der Waals surface area contributed by atoms with Gasteiger partial charge in [0.2, 0.25) is 0 Å². The maximum absolute atomic E-state index is 13.0. The molecule has 0 saturated heterocycles. The smallest absolute Gasteiger partial charge is 0.262 e. The number of carbonyl (C=O) groups excluding carboxylic acids is 2. The maximum Gasteiger partial charge on any atom is 0.262 e. The largest absolute Gasteiger partial charge is 0.479 e. The van der Waals surface area contributed by atoms with Crippen LogP contribution in [0.5, 0.6) is 11.5 Å². The van der Waals surface area contributed by atoms with Gasteiger partial charge in [0.15, 0.2) is 12.7 Å². The first-order chi connectivity index (χ1) is 17.9. The van der Waals surface area contributed by atoms with Gasteiger partial charge in [0.1, 0.15) is 23.6 Å². The van der Waals surface area contributed by atoms with E-state index in [1.165, 1.54) is 12.3 Å². The molecule has 0 aliphatic carbocycles. The monoisotopic (exact) mass is 538 g/mol. The second-order valence-electron chi connectivity index (χ2n) is 7.80. The molecule has 2 atom stereocenters. The van der Waals surface area contributed by atoms with Gasteiger partial charge < -0.3 is 14.8 Å². The molecule has 0 spiro atoms. The van der Waals surface area contributed by atoms with E-state index in [1.807, 2.05) is 36.4 Å². The van der Waals surface area contributed by atoms with Crippen LogP contribution in [0.25, 0.3) is 0 Å². The van der Waals surface area contributed by atoms with Gasteiger partial charge in [0, 0.05) is 17.0 Å². The van der Waals surface area contributed by atoms with Crippen molar-refractivity contribution in [3.8, 4) is 17.6 Å². The summed E-state index contributed by atoms with van der Waals surface area (Å²) in [6, 6.07) is 21.8. The number of benzene rings is 3. The van der Waals surface area contributed by atoms with E-state index in [1.54, 1.807) is 43.3 Å². The molecule has 10 heteroatoms. The van der Waals surface area contributed by atoms with E-state index in [-0.39, 0.29) is 18.1 Å². The molecule has 0 heterocycles. The van der Waals surface area contributed by atoms with Gasteiger partial charge in [-0.05, 0) is 42.8 Å². The summed E-state index contributed by atoms with van der Waals surface area (Å²) in [6.07, 6.45) is 0.683. The highest BCUT2D eigenvalue weighted by molar-refractivity contribution is 6.35. The lowest BCUT2D eigenvalue weighted by Crippen LogP contribution is -2.50. The van der Waals surface area contributed by atoms with Crippen molar-refractivity contribution in [1.29, 1.82) is 5.26 Å². The number of carbonyl (C=O) groups is 2. The van der Waals surface area contributed by atoms with Gasteiger partial charge in [-0.3, -0.25) is 9.59 Å². The minimum absolute atomic E-state index is 0.121. The molecule has 0 aliphatic rings. The Morgan fingerprint density at radius 2 is 1.76 bits per heavy atom.